The van der Waals surface area contributed by atoms with Gasteiger partial charge in [0, 0.05) is 18.0 Å². The normalized spacial score (nSPS) is 11.8. The molecular formula is C23H28FN5O3S. The van der Waals surface area contributed by atoms with Crippen LogP contribution in [0.2, 0.25) is 0 Å². The van der Waals surface area contributed by atoms with Crippen molar-refractivity contribution >= 4 is 28.7 Å². The molecule has 176 valence electrons. The van der Waals surface area contributed by atoms with Crippen molar-refractivity contribution in [1.29, 1.82) is 0 Å². The van der Waals surface area contributed by atoms with Gasteiger partial charge in [0.2, 0.25) is 5.91 Å². The third-order valence-electron chi connectivity index (χ3n) is 5.32. The summed E-state index contributed by atoms with van der Waals surface area (Å²) in [5.41, 5.74) is 5.83. The molecule has 33 heavy (non-hydrogen) atoms. The Morgan fingerprint density at radius 1 is 1.24 bits per heavy atom. The Hall–Kier alpha value is -3.40. The minimum Gasteiger partial charge on any atom is -0.383 e. The molecule has 8 nitrogen and oxygen atoms in total. The van der Waals surface area contributed by atoms with Gasteiger partial charge < -0.3 is 16.0 Å². The number of aromatic nitrogens is 2. The van der Waals surface area contributed by atoms with Gasteiger partial charge in [0.15, 0.2) is 0 Å². The van der Waals surface area contributed by atoms with Crippen LogP contribution in [0.25, 0.3) is 0 Å². The molecule has 1 atom stereocenters. The minimum absolute atomic E-state index is 0.0418. The van der Waals surface area contributed by atoms with E-state index in [1.165, 1.54) is 28.0 Å². The predicted octanol–water partition coefficient (Wildman–Crippen LogP) is 2.85. The number of likely N-dealkylation sites (N-methyl/N-ethyl adjacent to an activating group) is 1. The van der Waals surface area contributed by atoms with Crippen LogP contribution in [0.5, 0.6) is 0 Å². The topological polar surface area (TPSA) is 113 Å². The zero-order valence-corrected chi connectivity index (χ0v) is 19.5. The van der Waals surface area contributed by atoms with Gasteiger partial charge in [0.05, 0.1) is 12.6 Å². The number of hydrogen-bond donors (Lipinski definition) is 3. The van der Waals surface area contributed by atoms with E-state index >= 15 is 0 Å². The molecule has 0 aliphatic carbocycles. The van der Waals surface area contributed by atoms with Gasteiger partial charge in [-0.2, -0.15) is 0 Å². The molecule has 1 amide bonds. The molecule has 4 N–H and O–H groups in total. The first-order valence-corrected chi connectivity index (χ1v) is 11.7. The maximum atomic E-state index is 13.4. The summed E-state index contributed by atoms with van der Waals surface area (Å²) >= 11 is 1.47. The minimum atomic E-state index is -0.631. The molecule has 2 aromatic heterocycles. The Labute approximate surface area is 194 Å². The Morgan fingerprint density at radius 2 is 1.97 bits per heavy atom. The average molecular weight is 474 g/mol. The number of rotatable bonds is 10. The van der Waals surface area contributed by atoms with Gasteiger partial charge in [-0.15, -0.1) is 11.3 Å². The van der Waals surface area contributed by atoms with Crippen LogP contribution in [0.1, 0.15) is 43.2 Å². The number of nitrogens with one attached hydrogen (secondary N) is 2. The number of hydrogen-bond acceptors (Lipinski definition) is 6. The number of carbonyl (C=O) groups excluding carboxylic acids is 1. The Bertz CT molecular complexity index is 1190. The van der Waals surface area contributed by atoms with E-state index in [1.54, 1.807) is 24.0 Å². The quantitative estimate of drug-likeness (QED) is 0.419. The molecule has 3 aromatic rings. The third kappa shape index (κ3) is 5.70. The van der Waals surface area contributed by atoms with Gasteiger partial charge in [-0.1, -0.05) is 31.5 Å². The number of halogens is 1. The molecule has 0 saturated carbocycles. The van der Waals surface area contributed by atoms with Crippen molar-refractivity contribution < 1.29 is 9.18 Å². The van der Waals surface area contributed by atoms with Crippen molar-refractivity contribution in [2.75, 3.05) is 23.7 Å². The molecule has 0 aliphatic rings. The van der Waals surface area contributed by atoms with Gasteiger partial charge in [0.1, 0.15) is 17.3 Å². The summed E-state index contributed by atoms with van der Waals surface area (Å²) < 4.78 is 14.7. The number of carbonyl (C=O) groups is 1. The molecule has 10 heteroatoms. The van der Waals surface area contributed by atoms with Crippen LogP contribution >= 0.6 is 11.3 Å². The smallest absolute Gasteiger partial charge is 0.330 e. The zero-order valence-electron chi connectivity index (χ0n) is 18.6. The number of H-pyrrole nitrogens is 1. The largest absolute Gasteiger partial charge is 0.383 e. The number of benzene rings is 1. The third-order valence-corrected chi connectivity index (χ3v) is 6.26. The van der Waals surface area contributed by atoms with E-state index < -0.39 is 17.3 Å². The number of thiophene rings is 1. The first kappa shape index (κ1) is 24.2. The maximum absolute atomic E-state index is 13.4. The SMILES string of the molecule is CCCCn1c(N)c(N(CC)CC(=O)NC(c2ccc(F)cc2)c2cccs2)c(=O)[nH]c1=O. The number of unbranched alkanes of at least 4 members (excludes halogenated alkanes) is 1. The highest BCUT2D eigenvalue weighted by molar-refractivity contribution is 7.10. The van der Waals surface area contributed by atoms with Crippen molar-refractivity contribution in [3.8, 4) is 0 Å². The summed E-state index contributed by atoms with van der Waals surface area (Å²) in [6.07, 6.45) is 1.58. The lowest BCUT2D eigenvalue weighted by molar-refractivity contribution is -0.120. The van der Waals surface area contributed by atoms with Crippen LogP contribution in [-0.4, -0.2) is 28.5 Å². The fraction of sp³-hybridized carbons (Fsp3) is 0.348. The standard InChI is InChI=1S/C23H28FN5O3S/c1-3-5-12-29-21(25)20(22(31)27-23(29)32)28(4-2)14-18(30)26-19(17-7-6-13-33-17)15-8-10-16(24)11-9-15/h6-11,13,19H,3-5,12,14,25H2,1-2H3,(H,26,30)(H,27,31,32). The van der Waals surface area contributed by atoms with Gasteiger partial charge in [-0.3, -0.25) is 19.1 Å². The molecule has 3 rings (SSSR count). The van der Waals surface area contributed by atoms with Gasteiger partial charge >= 0.3 is 5.69 Å². The molecule has 1 unspecified atom stereocenters. The Kier molecular flexibility index (Phi) is 8.05. The van der Waals surface area contributed by atoms with E-state index in [2.05, 4.69) is 10.3 Å². The lowest BCUT2D eigenvalue weighted by Crippen LogP contribution is -2.43. The van der Waals surface area contributed by atoms with Gasteiger partial charge in [0.25, 0.3) is 5.56 Å². The second-order valence-electron chi connectivity index (χ2n) is 7.58. The number of amides is 1. The van der Waals surface area contributed by atoms with E-state index in [9.17, 15) is 18.8 Å². The molecule has 0 saturated heterocycles. The fourth-order valence-electron chi connectivity index (χ4n) is 3.58. The Balaban J connectivity index is 1.86. The number of nitrogen functional groups attached to an aromatic ring is 1. The van der Waals surface area contributed by atoms with Crippen LogP contribution in [0.4, 0.5) is 15.9 Å². The highest BCUT2D eigenvalue weighted by Gasteiger charge is 2.23. The molecule has 0 aliphatic heterocycles. The van der Waals surface area contributed by atoms with Gasteiger partial charge in [-0.25, -0.2) is 9.18 Å². The molecular weight excluding hydrogens is 445 g/mol. The number of nitrogens with two attached hydrogens (primary N) is 1. The van der Waals surface area contributed by atoms with Crippen LogP contribution in [0, 0.1) is 5.82 Å². The van der Waals surface area contributed by atoms with Crippen molar-refractivity contribution in [3.05, 3.63) is 78.9 Å². The summed E-state index contributed by atoms with van der Waals surface area (Å²) in [5.74, 6) is -0.662. The fourth-order valence-corrected chi connectivity index (χ4v) is 4.38. The molecule has 1 aromatic carbocycles. The van der Waals surface area contributed by atoms with E-state index in [1.807, 2.05) is 24.4 Å². The number of anilines is 2. The summed E-state index contributed by atoms with van der Waals surface area (Å²) in [6.45, 7) is 4.34. The first-order chi connectivity index (χ1) is 15.8. The van der Waals surface area contributed by atoms with Crippen molar-refractivity contribution in [2.24, 2.45) is 0 Å². The summed E-state index contributed by atoms with van der Waals surface area (Å²) in [4.78, 5) is 42.6. The Morgan fingerprint density at radius 3 is 2.58 bits per heavy atom. The second-order valence-corrected chi connectivity index (χ2v) is 8.56. The lowest BCUT2D eigenvalue weighted by atomic mass is 10.1. The van der Waals surface area contributed by atoms with E-state index in [0.29, 0.717) is 13.1 Å². The van der Waals surface area contributed by atoms with Crippen molar-refractivity contribution in [3.63, 3.8) is 0 Å². The first-order valence-electron chi connectivity index (χ1n) is 10.8. The van der Waals surface area contributed by atoms with Crippen LogP contribution < -0.4 is 27.2 Å². The molecule has 0 radical (unpaired) electrons. The van der Waals surface area contributed by atoms with Crippen molar-refractivity contribution in [1.82, 2.24) is 14.9 Å². The number of aromatic amines is 1. The van der Waals surface area contributed by atoms with Crippen molar-refractivity contribution in [2.45, 2.75) is 39.3 Å². The molecule has 0 fully saturated rings. The molecule has 0 spiro atoms. The number of nitrogens with zero attached hydrogens (tertiary/aromatic N) is 2. The second kappa shape index (κ2) is 11.0. The van der Waals surface area contributed by atoms with Crippen LogP contribution in [0.3, 0.4) is 0 Å². The molecule has 0 bridgehead atoms. The van der Waals surface area contributed by atoms with Crippen LogP contribution in [0.15, 0.2) is 51.4 Å². The van der Waals surface area contributed by atoms with Crippen LogP contribution in [-0.2, 0) is 11.3 Å². The average Bonchev–Trinajstić information content (AvgIpc) is 3.32. The predicted molar refractivity (Wildman–Crippen MR) is 129 cm³/mol. The zero-order chi connectivity index (χ0) is 24.0. The van der Waals surface area contributed by atoms with E-state index in [0.717, 1.165) is 23.3 Å². The van der Waals surface area contributed by atoms with E-state index in [4.69, 9.17) is 5.73 Å². The maximum Gasteiger partial charge on any atom is 0.330 e. The summed E-state index contributed by atoms with van der Waals surface area (Å²) in [5, 5.41) is 4.87. The highest BCUT2D eigenvalue weighted by atomic mass is 32.1. The van der Waals surface area contributed by atoms with E-state index in [-0.39, 0.29) is 29.8 Å². The molecule has 2 heterocycles. The lowest BCUT2D eigenvalue weighted by Gasteiger charge is -2.26. The monoisotopic (exact) mass is 473 g/mol. The van der Waals surface area contributed by atoms with Gasteiger partial charge in [-0.05, 0) is 42.5 Å². The summed E-state index contributed by atoms with van der Waals surface area (Å²) in [7, 11) is 0. The highest BCUT2D eigenvalue weighted by Crippen LogP contribution is 2.26. The summed E-state index contributed by atoms with van der Waals surface area (Å²) in [6, 6.07) is 9.25.